The van der Waals surface area contributed by atoms with Gasteiger partial charge in [0.1, 0.15) is 0 Å². The van der Waals surface area contributed by atoms with Crippen molar-refractivity contribution in [2.75, 3.05) is 20.8 Å². The van der Waals surface area contributed by atoms with Crippen LogP contribution in [-0.2, 0) is 8.85 Å². The average Bonchev–Trinajstić information content (AvgIpc) is 2.40. The van der Waals surface area contributed by atoms with Crippen LogP contribution in [0.3, 0.4) is 0 Å². The van der Waals surface area contributed by atoms with Gasteiger partial charge in [-0.15, -0.1) is 0 Å². The zero-order chi connectivity index (χ0) is 13.7. The lowest BCUT2D eigenvalue weighted by molar-refractivity contribution is 0.248. The Labute approximate surface area is 118 Å². The highest BCUT2D eigenvalue weighted by atomic mass is 32.1. The lowest BCUT2D eigenvalue weighted by atomic mass is 10.1. The van der Waals surface area contributed by atoms with Gasteiger partial charge in [0.2, 0.25) is 0 Å². The van der Waals surface area contributed by atoms with Crippen LogP contribution in [0.25, 0.3) is 0 Å². The van der Waals surface area contributed by atoms with Crippen molar-refractivity contribution >= 4 is 25.9 Å². The molecular weight excluding hydrogens is 262 g/mol. The van der Waals surface area contributed by atoms with Gasteiger partial charge in [-0.2, -0.15) is 0 Å². The molecule has 0 bridgehead atoms. The van der Waals surface area contributed by atoms with Crippen LogP contribution in [0.4, 0.5) is 0 Å². The van der Waals surface area contributed by atoms with Crippen molar-refractivity contribution in [1.29, 1.82) is 0 Å². The van der Waals surface area contributed by atoms with E-state index in [2.05, 4.69) is 28.9 Å². The molecule has 0 rings (SSSR count). The van der Waals surface area contributed by atoms with Crippen molar-refractivity contribution in [3.63, 3.8) is 0 Å². The summed E-state index contributed by atoms with van der Waals surface area (Å²) in [4.78, 5) is 3.91. The highest BCUT2D eigenvalue weighted by Gasteiger charge is 2.27. The van der Waals surface area contributed by atoms with E-state index in [0.717, 1.165) is 19.0 Å². The number of thiocarbonyl (C=S) groups is 1. The molecule has 0 aliphatic heterocycles. The zero-order valence-corrected chi connectivity index (χ0v) is 13.9. The summed E-state index contributed by atoms with van der Waals surface area (Å²) in [5.41, 5.74) is 0. The molecule has 0 N–H and O–H groups in total. The molecule has 18 heavy (non-hydrogen) atoms. The molecule has 0 unspecified atom stereocenters. The standard InChI is InChI=1S/C13H27NO2SSi/c1-15-18(3,16-2)12-10-8-6-4-5-7-9-11-14-13-17/h4-12H2,1-3H3. The van der Waals surface area contributed by atoms with Crippen LogP contribution in [0.5, 0.6) is 0 Å². The smallest absolute Gasteiger partial charge is 0.334 e. The molecule has 0 aliphatic carbocycles. The third-order valence-electron chi connectivity index (χ3n) is 3.33. The number of rotatable bonds is 12. The zero-order valence-electron chi connectivity index (χ0n) is 12.0. The molecule has 0 spiro atoms. The third-order valence-corrected chi connectivity index (χ3v) is 6.45. The molecule has 0 aromatic carbocycles. The van der Waals surface area contributed by atoms with Gasteiger partial charge in [0.15, 0.2) is 0 Å². The van der Waals surface area contributed by atoms with Gasteiger partial charge in [-0.05, 0) is 31.2 Å². The molecule has 5 heteroatoms. The summed E-state index contributed by atoms with van der Waals surface area (Å²) in [7, 11) is 1.71. The maximum absolute atomic E-state index is 5.46. The maximum Gasteiger partial charge on any atom is 0.334 e. The highest BCUT2D eigenvalue weighted by Crippen LogP contribution is 2.17. The number of hydrogen-bond acceptors (Lipinski definition) is 4. The van der Waals surface area contributed by atoms with Gasteiger partial charge in [-0.3, -0.25) is 0 Å². The van der Waals surface area contributed by atoms with Crippen LogP contribution in [0.1, 0.15) is 44.9 Å². The molecule has 0 saturated carbocycles. The van der Waals surface area contributed by atoms with Crippen molar-refractivity contribution in [2.45, 2.75) is 57.5 Å². The second kappa shape index (κ2) is 12.0. The van der Waals surface area contributed by atoms with E-state index < -0.39 is 8.56 Å². The second-order valence-corrected chi connectivity index (χ2v) is 8.51. The van der Waals surface area contributed by atoms with Crippen LogP contribution in [0.2, 0.25) is 12.6 Å². The first-order valence-electron chi connectivity index (χ1n) is 6.82. The average molecular weight is 290 g/mol. The Kier molecular flexibility index (Phi) is 12.0. The number of nitrogens with zero attached hydrogens (tertiary/aromatic N) is 1. The molecule has 0 aromatic rings. The largest absolute Gasteiger partial charge is 0.398 e. The molecule has 0 radical (unpaired) electrons. The molecule has 106 valence electrons. The lowest BCUT2D eigenvalue weighted by Gasteiger charge is -2.22. The van der Waals surface area contributed by atoms with Gasteiger partial charge in [0.05, 0.1) is 5.16 Å². The van der Waals surface area contributed by atoms with Gasteiger partial charge in [0.25, 0.3) is 0 Å². The monoisotopic (exact) mass is 289 g/mol. The molecule has 0 aromatic heterocycles. The van der Waals surface area contributed by atoms with Gasteiger partial charge in [-0.25, -0.2) is 4.99 Å². The summed E-state index contributed by atoms with van der Waals surface area (Å²) in [6.45, 7) is 2.97. The molecule has 3 nitrogen and oxygen atoms in total. The Morgan fingerprint density at radius 1 is 0.944 bits per heavy atom. The molecule has 0 amide bonds. The minimum absolute atomic E-state index is 0.842. The van der Waals surface area contributed by atoms with Crippen LogP contribution in [0, 0.1) is 0 Å². The summed E-state index contributed by atoms with van der Waals surface area (Å²) in [6.07, 6.45) is 8.84. The predicted octanol–water partition coefficient (Wildman–Crippen LogP) is 4.18. The van der Waals surface area contributed by atoms with Crippen molar-refractivity contribution in [3.8, 4) is 0 Å². The topological polar surface area (TPSA) is 30.8 Å². The summed E-state index contributed by atoms with van der Waals surface area (Å²) >= 11 is 4.52. The van der Waals surface area contributed by atoms with Crippen LogP contribution in [-0.4, -0.2) is 34.5 Å². The van der Waals surface area contributed by atoms with E-state index in [1.807, 2.05) is 0 Å². The number of unbranched alkanes of at least 4 members (excludes halogenated alkanes) is 6. The van der Waals surface area contributed by atoms with E-state index in [1.54, 1.807) is 14.2 Å². The van der Waals surface area contributed by atoms with Crippen molar-refractivity contribution in [3.05, 3.63) is 0 Å². The molecule has 0 fully saturated rings. The molecular formula is C13H27NO2SSi. The quantitative estimate of drug-likeness (QED) is 0.234. The normalized spacial score (nSPS) is 11.3. The molecule has 0 saturated heterocycles. The Hall–Kier alpha value is -0.0631. The van der Waals surface area contributed by atoms with Crippen LogP contribution < -0.4 is 0 Å². The Bertz CT molecular complexity index is 241. The van der Waals surface area contributed by atoms with Crippen molar-refractivity contribution in [1.82, 2.24) is 0 Å². The Morgan fingerprint density at radius 3 is 1.94 bits per heavy atom. The molecule has 0 atom stereocenters. The molecule has 0 aliphatic rings. The van der Waals surface area contributed by atoms with E-state index in [1.165, 1.54) is 38.5 Å². The third kappa shape index (κ3) is 9.92. The Balaban J connectivity index is 3.28. The van der Waals surface area contributed by atoms with E-state index >= 15 is 0 Å². The lowest BCUT2D eigenvalue weighted by Crippen LogP contribution is -2.35. The number of hydrogen-bond donors (Lipinski definition) is 0. The Morgan fingerprint density at radius 2 is 1.44 bits per heavy atom. The van der Waals surface area contributed by atoms with Crippen LogP contribution in [0.15, 0.2) is 4.99 Å². The minimum atomic E-state index is -1.82. The fourth-order valence-corrected chi connectivity index (χ4v) is 3.41. The van der Waals surface area contributed by atoms with Gasteiger partial charge < -0.3 is 8.85 Å². The predicted molar refractivity (Wildman–Crippen MR) is 82.7 cm³/mol. The summed E-state index contributed by atoms with van der Waals surface area (Å²) in [6, 6.07) is 1.10. The fourth-order valence-electron chi connectivity index (χ4n) is 1.85. The van der Waals surface area contributed by atoms with Crippen molar-refractivity contribution in [2.24, 2.45) is 4.99 Å². The van der Waals surface area contributed by atoms with E-state index in [-0.39, 0.29) is 0 Å². The van der Waals surface area contributed by atoms with E-state index in [4.69, 9.17) is 8.85 Å². The van der Waals surface area contributed by atoms with Gasteiger partial charge in [-0.1, -0.05) is 38.5 Å². The number of aliphatic imine (C=N–C) groups is 1. The van der Waals surface area contributed by atoms with Gasteiger partial charge >= 0.3 is 8.56 Å². The fraction of sp³-hybridized carbons (Fsp3) is 0.923. The maximum atomic E-state index is 5.46. The first-order chi connectivity index (χ1) is 8.68. The summed E-state index contributed by atoms with van der Waals surface area (Å²) in [5, 5.41) is 2.40. The van der Waals surface area contributed by atoms with Crippen LogP contribution >= 0.6 is 12.2 Å². The van der Waals surface area contributed by atoms with E-state index in [9.17, 15) is 0 Å². The minimum Gasteiger partial charge on any atom is -0.398 e. The first-order valence-corrected chi connectivity index (χ1v) is 9.75. The SMILES string of the molecule is CO[Si](C)(CCCCCCCCCN=C=S)OC. The van der Waals surface area contributed by atoms with Crippen molar-refractivity contribution < 1.29 is 8.85 Å². The molecule has 0 heterocycles. The summed E-state index contributed by atoms with van der Waals surface area (Å²) in [5.74, 6) is 0. The second-order valence-electron chi connectivity index (χ2n) is 4.74. The van der Waals surface area contributed by atoms with Gasteiger partial charge in [0, 0.05) is 20.8 Å². The highest BCUT2D eigenvalue weighted by molar-refractivity contribution is 7.78. The first kappa shape index (κ1) is 17.9. The number of isothiocyanates is 1. The van der Waals surface area contributed by atoms with E-state index in [0.29, 0.717) is 0 Å². The summed E-state index contributed by atoms with van der Waals surface area (Å²) < 4.78 is 10.9.